The van der Waals surface area contributed by atoms with Gasteiger partial charge >= 0.3 is 0 Å². The third kappa shape index (κ3) is 5.25. The number of hydrogen-bond donors (Lipinski definition) is 1. The first-order valence-corrected chi connectivity index (χ1v) is 10.3. The molecule has 0 aliphatic carbocycles. The quantitative estimate of drug-likeness (QED) is 0.798. The average Bonchev–Trinajstić information content (AvgIpc) is 3.18. The van der Waals surface area contributed by atoms with E-state index >= 15 is 0 Å². The molecule has 9 heteroatoms. The number of thiazole rings is 1. The zero-order chi connectivity index (χ0) is 20.1. The molecule has 28 heavy (non-hydrogen) atoms. The Balaban J connectivity index is 1.45. The van der Waals surface area contributed by atoms with Gasteiger partial charge in [-0.1, -0.05) is 0 Å². The van der Waals surface area contributed by atoms with Crippen LogP contribution in [0.2, 0.25) is 0 Å². The van der Waals surface area contributed by atoms with E-state index in [0.717, 1.165) is 43.3 Å². The monoisotopic (exact) mass is 402 g/mol. The number of nitrogens with zero attached hydrogens (tertiary/aromatic N) is 5. The summed E-state index contributed by atoms with van der Waals surface area (Å²) in [4.78, 5) is 41.3. The summed E-state index contributed by atoms with van der Waals surface area (Å²) in [5, 5.41) is 5.07. The van der Waals surface area contributed by atoms with Gasteiger partial charge in [-0.15, -0.1) is 11.3 Å². The molecule has 1 aliphatic rings. The second-order valence-electron chi connectivity index (χ2n) is 7.02. The fraction of sp³-hybridized carbons (Fsp3) is 0.526. The van der Waals surface area contributed by atoms with E-state index in [2.05, 4.69) is 25.2 Å². The van der Waals surface area contributed by atoms with E-state index in [9.17, 15) is 9.59 Å². The molecule has 0 spiro atoms. The molecule has 0 saturated carbocycles. The van der Waals surface area contributed by atoms with Crippen molar-refractivity contribution in [2.45, 2.75) is 45.6 Å². The van der Waals surface area contributed by atoms with Crippen molar-refractivity contribution in [1.29, 1.82) is 0 Å². The zero-order valence-electron chi connectivity index (χ0n) is 16.5. The number of aryl methyl sites for hydroxylation is 2. The number of amides is 2. The van der Waals surface area contributed by atoms with Gasteiger partial charge in [0.2, 0.25) is 11.8 Å². The van der Waals surface area contributed by atoms with Gasteiger partial charge in [-0.2, -0.15) is 0 Å². The fourth-order valence-electron chi connectivity index (χ4n) is 3.41. The minimum absolute atomic E-state index is 0.00136. The van der Waals surface area contributed by atoms with Gasteiger partial charge < -0.3 is 15.1 Å². The van der Waals surface area contributed by atoms with E-state index in [4.69, 9.17) is 0 Å². The van der Waals surface area contributed by atoms with Crippen LogP contribution in [0.15, 0.2) is 17.6 Å². The molecule has 3 heterocycles. The highest BCUT2D eigenvalue weighted by molar-refractivity contribution is 7.13. The lowest BCUT2D eigenvalue weighted by Crippen LogP contribution is -2.46. The van der Waals surface area contributed by atoms with Crippen molar-refractivity contribution in [2.24, 2.45) is 0 Å². The lowest BCUT2D eigenvalue weighted by molar-refractivity contribution is -0.133. The van der Waals surface area contributed by atoms with Gasteiger partial charge in [0.15, 0.2) is 5.13 Å². The molecule has 0 radical (unpaired) electrons. The van der Waals surface area contributed by atoms with Crippen LogP contribution in [0.5, 0.6) is 0 Å². The molecule has 1 N–H and O–H groups in total. The maximum absolute atomic E-state index is 12.5. The van der Waals surface area contributed by atoms with Crippen LogP contribution in [0.4, 0.5) is 10.9 Å². The highest BCUT2D eigenvalue weighted by atomic mass is 32.1. The average molecular weight is 403 g/mol. The summed E-state index contributed by atoms with van der Waals surface area (Å²) < 4.78 is 0. The van der Waals surface area contributed by atoms with E-state index in [1.54, 1.807) is 16.5 Å². The first kappa shape index (κ1) is 20.2. The van der Waals surface area contributed by atoms with Gasteiger partial charge in [0.1, 0.15) is 11.6 Å². The molecule has 1 aliphatic heterocycles. The molecule has 2 aromatic rings. The van der Waals surface area contributed by atoms with Crippen LogP contribution in [-0.2, 0) is 9.59 Å². The number of anilines is 2. The van der Waals surface area contributed by atoms with Crippen molar-refractivity contribution in [3.8, 4) is 0 Å². The summed E-state index contributed by atoms with van der Waals surface area (Å²) in [6.45, 7) is 5.58. The van der Waals surface area contributed by atoms with Gasteiger partial charge in [0, 0.05) is 62.4 Å². The maximum atomic E-state index is 12.5. The molecule has 0 atom stereocenters. The number of hydrogen-bond acceptors (Lipinski definition) is 7. The molecular weight excluding hydrogens is 376 g/mol. The van der Waals surface area contributed by atoms with Crippen molar-refractivity contribution < 1.29 is 9.59 Å². The SMILES string of the molecule is Cc1cc(N2CCC(N(C)C(=O)CCC(=O)Nc3nccs3)CC2)nc(C)n1. The van der Waals surface area contributed by atoms with Crippen LogP contribution in [0.1, 0.15) is 37.2 Å². The smallest absolute Gasteiger partial charge is 0.226 e. The first-order valence-electron chi connectivity index (χ1n) is 9.44. The molecule has 0 unspecified atom stereocenters. The second kappa shape index (κ2) is 9.09. The fourth-order valence-corrected chi connectivity index (χ4v) is 3.95. The molecule has 8 nitrogen and oxygen atoms in total. The van der Waals surface area contributed by atoms with Gasteiger partial charge in [-0.05, 0) is 26.7 Å². The summed E-state index contributed by atoms with van der Waals surface area (Å²) in [6, 6.07) is 2.19. The Morgan fingerprint density at radius 3 is 2.64 bits per heavy atom. The number of aromatic nitrogens is 3. The van der Waals surface area contributed by atoms with Crippen molar-refractivity contribution in [1.82, 2.24) is 19.9 Å². The van der Waals surface area contributed by atoms with Gasteiger partial charge in [-0.25, -0.2) is 15.0 Å². The highest BCUT2D eigenvalue weighted by Gasteiger charge is 2.26. The van der Waals surface area contributed by atoms with Crippen molar-refractivity contribution in [3.05, 3.63) is 29.2 Å². The van der Waals surface area contributed by atoms with E-state index in [0.29, 0.717) is 5.13 Å². The molecular formula is C19H26N6O2S. The number of carbonyl (C=O) groups excluding carboxylic acids is 2. The van der Waals surface area contributed by atoms with Crippen molar-refractivity contribution >= 4 is 34.1 Å². The molecule has 150 valence electrons. The van der Waals surface area contributed by atoms with Crippen molar-refractivity contribution in [2.75, 3.05) is 30.4 Å². The van der Waals surface area contributed by atoms with Crippen LogP contribution in [0.25, 0.3) is 0 Å². The van der Waals surface area contributed by atoms with E-state index in [-0.39, 0.29) is 30.7 Å². The Labute approximate surface area is 169 Å². The number of carbonyl (C=O) groups is 2. The summed E-state index contributed by atoms with van der Waals surface area (Å²) >= 11 is 1.36. The lowest BCUT2D eigenvalue weighted by atomic mass is 10.0. The Morgan fingerprint density at radius 1 is 1.25 bits per heavy atom. The Morgan fingerprint density at radius 2 is 2.00 bits per heavy atom. The molecule has 2 amide bonds. The van der Waals surface area contributed by atoms with Gasteiger partial charge in [-0.3, -0.25) is 9.59 Å². The Kier molecular flexibility index (Phi) is 6.56. The first-order chi connectivity index (χ1) is 13.4. The third-order valence-electron chi connectivity index (χ3n) is 4.93. The number of rotatable bonds is 6. The molecule has 1 fully saturated rings. The van der Waals surface area contributed by atoms with Gasteiger partial charge in [0.25, 0.3) is 0 Å². The van der Waals surface area contributed by atoms with Crippen LogP contribution in [-0.4, -0.2) is 57.8 Å². The maximum Gasteiger partial charge on any atom is 0.226 e. The van der Waals surface area contributed by atoms with E-state index in [1.807, 2.05) is 27.0 Å². The molecule has 2 aromatic heterocycles. The lowest BCUT2D eigenvalue weighted by Gasteiger charge is -2.37. The standard InChI is InChI=1S/C19H26N6O2S/c1-13-12-16(22-14(2)21-13)25-9-6-15(7-10-25)24(3)18(27)5-4-17(26)23-19-20-8-11-28-19/h8,11-12,15H,4-7,9-10H2,1-3H3,(H,20,23,26). The van der Waals surface area contributed by atoms with E-state index < -0.39 is 0 Å². The number of piperidine rings is 1. The second-order valence-corrected chi connectivity index (χ2v) is 7.92. The molecule has 3 rings (SSSR count). The molecule has 0 aromatic carbocycles. The van der Waals surface area contributed by atoms with Crippen LogP contribution in [0, 0.1) is 13.8 Å². The minimum atomic E-state index is -0.180. The largest absolute Gasteiger partial charge is 0.356 e. The van der Waals surface area contributed by atoms with E-state index in [1.165, 1.54) is 11.3 Å². The summed E-state index contributed by atoms with van der Waals surface area (Å²) in [5.41, 5.74) is 0.966. The van der Waals surface area contributed by atoms with Crippen molar-refractivity contribution in [3.63, 3.8) is 0 Å². The highest BCUT2D eigenvalue weighted by Crippen LogP contribution is 2.22. The normalized spacial score (nSPS) is 14.8. The summed E-state index contributed by atoms with van der Waals surface area (Å²) in [6.07, 6.45) is 3.78. The number of nitrogens with one attached hydrogen (secondary N) is 1. The zero-order valence-corrected chi connectivity index (χ0v) is 17.3. The predicted octanol–water partition coefficient (Wildman–Crippen LogP) is 2.40. The summed E-state index contributed by atoms with van der Waals surface area (Å²) in [5.74, 6) is 1.55. The molecule has 0 bridgehead atoms. The van der Waals surface area contributed by atoms with Crippen LogP contribution in [0.3, 0.4) is 0 Å². The van der Waals surface area contributed by atoms with Crippen LogP contribution >= 0.6 is 11.3 Å². The third-order valence-corrected chi connectivity index (χ3v) is 5.62. The van der Waals surface area contributed by atoms with Gasteiger partial charge in [0.05, 0.1) is 0 Å². The Bertz CT molecular complexity index is 798. The summed E-state index contributed by atoms with van der Waals surface area (Å²) in [7, 11) is 1.83. The topological polar surface area (TPSA) is 91.3 Å². The molecule has 1 saturated heterocycles. The Hall–Kier alpha value is -2.55. The predicted molar refractivity (Wildman–Crippen MR) is 109 cm³/mol. The van der Waals surface area contributed by atoms with Crippen LogP contribution < -0.4 is 10.2 Å². The minimum Gasteiger partial charge on any atom is -0.356 e.